The standard InChI is InChI=1S/C13H13BrO4/c1-18-13(17)7-4-10-8-9(2-5-11(10)14)3-6-12(15)16/h2-3,5-6,8H,4,7H2,1H3,(H,15,16)/b6-3+. The second-order valence-corrected chi connectivity index (χ2v) is 4.45. The van der Waals surface area contributed by atoms with E-state index in [1.54, 1.807) is 6.07 Å². The van der Waals surface area contributed by atoms with Crippen LogP contribution in [0.5, 0.6) is 0 Å². The summed E-state index contributed by atoms with van der Waals surface area (Å²) < 4.78 is 5.46. The molecule has 0 unspecified atom stereocenters. The van der Waals surface area contributed by atoms with E-state index in [4.69, 9.17) is 5.11 Å². The van der Waals surface area contributed by atoms with E-state index < -0.39 is 5.97 Å². The molecule has 1 aromatic carbocycles. The van der Waals surface area contributed by atoms with E-state index in [0.717, 1.165) is 21.7 Å². The van der Waals surface area contributed by atoms with Crippen molar-refractivity contribution in [3.05, 3.63) is 39.9 Å². The largest absolute Gasteiger partial charge is 0.478 e. The molecule has 5 heteroatoms. The zero-order valence-corrected chi connectivity index (χ0v) is 11.4. The summed E-state index contributed by atoms with van der Waals surface area (Å²) in [6, 6.07) is 5.46. The van der Waals surface area contributed by atoms with E-state index in [1.165, 1.54) is 13.2 Å². The summed E-state index contributed by atoms with van der Waals surface area (Å²) in [5.74, 6) is -1.26. The lowest BCUT2D eigenvalue weighted by Gasteiger charge is -2.05. The fourth-order valence-corrected chi connectivity index (χ4v) is 1.84. The van der Waals surface area contributed by atoms with E-state index in [0.29, 0.717) is 12.8 Å². The van der Waals surface area contributed by atoms with Gasteiger partial charge in [-0.2, -0.15) is 0 Å². The number of hydrogen-bond acceptors (Lipinski definition) is 3. The highest BCUT2D eigenvalue weighted by Crippen LogP contribution is 2.20. The first-order valence-corrected chi connectivity index (χ1v) is 6.08. The number of halogens is 1. The van der Waals surface area contributed by atoms with Crippen molar-refractivity contribution >= 4 is 33.9 Å². The summed E-state index contributed by atoms with van der Waals surface area (Å²) in [4.78, 5) is 21.5. The highest BCUT2D eigenvalue weighted by atomic mass is 79.9. The van der Waals surface area contributed by atoms with Crippen LogP contribution in [0.2, 0.25) is 0 Å². The quantitative estimate of drug-likeness (QED) is 0.670. The van der Waals surface area contributed by atoms with Gasteiger partial charge in [0.25, 0.3) is 0 Å². The molecule has 0 saturated carbocycles. The molecular weight excluding hydrogens is 300 g/mol. The predicted octanol–water partition coefficient (Wildman–Crippen LogP) is 2.65. The number of aliphatic carboxylic acids is 1. The van der Waals surface area contributed by atoms with E-state index in [1.807, 2.05) is 12.1 Å². The van der Waals surface area contributed by atoms with Gasteiger partial charge >= 0.3 is 11.9 Å². The number of carbonyl (C=O) groups excluding carboxylic acids is 1. The van der Waals surface area contributed by atoms with Crippen molar-refractivity contribution in [3.8, 4) is 0 Å². The first-order valence-electron chi connectivity index (χ1n) is 5.29. The lowest BCUT2D eigenvalue weighted by molar-refractivity contribution is -0.140. The van der Waals surface area contributed by atoms with Crippen LogP contribution in [0.3, 0.4) is 0 Å². The molecule has 18 heavy (non-hydrogen) atoms. The van der Waals surface area contributed by atoms with Crippen LogP contribution in [0, 0.1) is 0 Å². The zero-order chi connectivity index (χ0) is 13.5. The molecule has 96 valence electrons. The maximum absolute atomic E-state index is 11.1. The van der Waals surface area contributed by atoms with Gasteiger partial charge in [-0.05, 0) is 29.7 Å². The molecule has 0 atom stereocenters. The van der Waals surface area contributed by atoms with Crippen LogP contribution in [0.25, 0.3) is 6.08 Å². The van der Waals surface area contributed by atoms with Gasteiger partial charge in [0, 0.05) is 17.0 Å². The number of benzene rings is 1. The van der Waals surface area contributed by atoms with Gasteiger partial charge in [0.2, 0.25) is 0 Å². The van der Waals surface area contributed by atoms with Gasteiger partial charge < -0.3 is 9.84 Å². The van der Waals surface area contributed by atoms with Crippen molar-refractivity contribution in [2.75, 3.05) is 7.11 Å². The topological polar surface area (TPSA) is 63.6 Å². The van der Waals surface area contributed by atoms with E-state index >= 15 is 0 Å². The van der Waals surface area contributed by atoms with Gasteiger partial charge in [-0.15, -0.1) is 0 Å². The van der Waals surface area contributed by atoms with Crippen LogP contribution in [-0.4, -0.2) is 24.2 Å². The SMILES string of the molecule is COC(=O)CCc1cc(/C=C/C(=O)O)ccc1Br. The van der Waals surface area contributed by atoms with Crippen LogP contribution < -0.4 is 0 Å². The Bertz CT molecular complexity index is 480. The van der Waals surface area contributed by atoms with Crippen LogP contribution in [-0.2, 0) is 20.7 Å². The number of rotatable bonds is 5. The van der Waals surface area contributed by atoms with E-state index in [-0.39, 0.29) is 5.97 Å². The van der Waals surface area contributed by atoms with Crippen molar-refractivity contribution in [3.63, 3.8) is 0 Å². The van der Waals surface area contributed by atoms with Crippen LogP contribution >= 0.6 is 15.9 Å². The average Bonchev–Trinajstić information content (AvgIpc) is 2.35. The minimum Gasteiger partial charge on any atom is -0.478 e. The number of ether oxygens (including phenoxy) is 1. The summed E-state index contributed by atoms with van der Waals surface area (Å²) in [6.07, 6.45) is 3.42. The Labute approximate surface area is 113 Å². The highest BCUT2D eigenvalue weighted by molar-refractivity contribution is 9.10. The predicted molar refractivity (Wildman–Crippen MR) is 71.1 cm³/mol. The van der Waals surface area contributed by atoms with Crippen molar-refractivity contribution < 1.29 is 19.4 Å². The Hall–Kier alpha value is -1.62. The second-order valence-electron chi connectivity index (χ2n) is 3.60. The molecule has 1 N–H and O–H groups in total. The number of esters is 1. The fourth-order valence-electron chi connectivity index (χ4n) is 1.40. The first-order chi connectivity index (χ1) is 8.52. The monoisotopic (exact) mass is 312 g/mol. The lowest BCUT2D eigenvalue weighted by atomic mass is 10.1. The molecule has 1 aromatic rings. The number of carbonyl (C=O) groups is 2. The fraction of sp³-hybridized carbons (Fsp3) is 0.231. The highest BCUT2D eigenvalue weighted by Gasteiger charge is 2.05. The number of hydrogen-bond donors (Lipinski definition) is 1. The molecule has 4 nitrogen and oxygen atoms in total. The smallest absolute Gasteiger partial charge is 0.328 e. The first kappa shape index (κ1) is 14.4. The Morgan fingerprint density at radius 2 is 2.17 bits per heavy atom. The molecular formula is C13H13BrO4. The third-order valence-corrected chi connectivity index (χ3v) is 3.09. The summed E-state index contributed by atoms with van der Waals surface area (Å²) >= 11 is 3.39. The molecule has 0 aliphatic rings. The number of carboxylic acids is 1. The van der Waals surface area contributed by atoms with Gasteiger partial charge in [-0.25, -0.2) is 4.79 Å². The van der Waals surface area contributed by atoms with Gasteiger partial charge in [-0.1, -0.05) is 28.1 Å². The molecule has 0 heterocycles. The summed E-state index contributed by atoms with van der Waals surface area (Å²) in [5.41, 5.74) is 1.72. The van der Waals surface area contributed by atoms with Gasteiger partial charge in [-0.3, -0.25) is 4.79 Å². The van der Waals surface area contributed by atoms with Gasteiger partial charge in [0.15, 0.2) is 0 Å². The molecule has 0 bridgehead atoms. The second kappa shape index (κ2) is 6.96. The van der Waals surface area contributed by atoms with Crippen molar-refractivity contribution in [1.82, 2.24) is 0 Å². The van der Waals surface area contributed by atoms with Crippen molar-refractivity contribution in [2.24, 2.45) is 0 Å². The molecule has 0 saturated heterocycles. The summed E-state index contributed by atoms with van der Waals surface area (Å²) in [6.45, 7) is 0. The molecule has 0 amide bonds. The zero-order valence-electron chi connectivity index (χ0n) is 9.85. The normalized spacial score (nSPS) is 10.6. The minimum atomic E-state index is -0.992. The van der Waals surface area contributed by atoms with Crippen LogP contribution in [0.4, 0.5) is 0 Å². The number of carboxylic acid groups (broad SMARTS) is 1. The number of aryl methyl sites for hydroxylation is 1. The van der Waals surface area contributed by atoms with Crippen molar-refractivity contribution in [1.29, 1.82) is 0 Å². The molecule has 0 fully saturated rings. The summed E-state index contributed by atoms with van der Waals surface area (Å²) in [7, 11) is 1.35. The molecule has 0 radical (unpaired) electrons. The maximum atomic E-state index is 11.1. The summed E-state index contributed by atoms with van der Waals surface area (Å²) in [5, 5.41) is 8.55. The third-order valence-electron chi connectivity index (χ3n) is 2.31. The van der Waals surface area contributed by atoms with Gasteiger partial charge in [0.05, 0.1) is 7.11 Å². The Morgan fingerprint density at radius 3 is 2.78 bits per heavy atom. The molecule has 0 spiro atoms. The maximum Gasteiger partial charge on any atom is 0.328 e. The van der Waals surface area contributed by atoms with Crippen LogP contribution in [0.15, 0.2) is 28.7 Å². The van der Waals surface area contributed by atoms with Gasteiger partial charge in [0.1, 0.15) is 0 Å². The Kier molecular flexibility index (Phi) is 5.58. The third kappa shape index (κ3) is 4.71. The van der Waals surface area contributed by atoms with Crippen LogP contribution in [0.1, 0.15) is 17.5 Å². The number of methoxy groups -OCH3 is 1. The Balaban J connectivity index is 2.81. The molecule has 0 aromatic heterocycles. The average molecular weight is 313 g/mol. The van der Waals surface area contributed by atoms with E-state index in [2.05, 4.69) is 20.7 Å². The Morgan fingerprint density at radius 1 is 1.44 bits per heavy atom. The molecule has 0 aliphatic carbocycles. The molecule has 0 aliphatic heterocycles. The lowest BCUT2D eigenvalue weighted by Crippen LogP contribution is -2.02. The minimum absolute atomic E-state index is 0.270. The van der Waals surface area contributed by atoms with E-state index in [9.17, 15) is 9.59 Å². The van der Waals surface area contributed by atoms with Crippen molar-refractivity contribution in [2.45, 2.75) is 12.8 Å². The molecule has 1 rings (SSSR count).